The van der Waals surface area contributed by atoms with Gasteiger partial charge in [-0.2, -0.15) is 0 Å². The van der Waals surface area contributed by atoms with Gasteiger partial charge in [0.2, 0.25) is 5.91 Å². The van der Waals surface area contributed by atoms with E-state index in [1.165, 1.54) is 11.3 Å². The Bertz CT molecular complexity index is 583. The summed E-state index contributed by atoms with van der Waals surface area (Å²) >= 11 is 1.25. The summed E-state index contributed by atoms with van der Waals surface area (Å²) in [6.45, 7) is 5.78. The van der Waals surface area contributed by atoms with Gasteiger partial charge in [-0.1, -0.05) is 11.8 Å². The Morgan fingerprint density at radius 2 is 2.19 bits per heavy atom. The molecule has 0 saturated heterocycles. The number of nitrogens with one attached hydrogen (secondary N) is 1. The van der Waals surface area contributed by atoms with Crippen molar-refractivity contribution in [3.8, 4) is 11.8 Å². The van der Waals surface area contributed by atoms with Gasteiger partial charge in [-0.25, -0.2) is 0 Å². The molecule has 0 saturated carbocycles. The molecule has 0 aliphatic carbocycles. The van der Waals surface area contributed by atoms with Crippen LogP contribution in [0, 0.1) is 18.8 Å². The summed E-state index contributed by atoms with van der Waals surface area (Å²) in [5, 5.41) is 11.4. The minimum absolute atomic E-state index is 0.126. The van der Waals surface area contributed by atoms with Crippen molar-refractivity contribution in [1.29, 1.82) is 0 Å². The zero-order valence-electron chi connectivity index (χ0n) is 12.7. The van der Waals surface area contributed by atoms with Gasteiger partial charge >= 0.3 is 0 Å². The molecule has 0 aliphatic heterocycles. The lowest BCUT2D eigenvalue weighted by molar-refractivity contribution is -0.131. The lowest BCUT2D eigenvalue weighted by Gasteiger charge is -2.20. The quantitative estimate of drug-likeness (QED) is 0.815. The van der Waals surface area contributed by atoms with Crippen molar-refractivity contribution in [2.24, 2.45) is 0 Å². The normalized spacial score (nSPS) is 11.3. The van der Waals surface area contributed by atoms with E-state index in [0.29, 0.717) is 11.4 Å². The molecule has 1 rings (SSSR count). The highest BCUT2D eigenvalue weighted by Gasteiger charge is 2.20. The van der Waals surface area contributed by atoms with Gasteiger partial charge in [0.1, 0.15) is 12.6 Å². The summed E-state index contributed by atoms with van der Waals surface area (Å²) in [7, 11) is 1.70. The number of amides is 2. The number of hydrogen-bond acceptors (Lipinski definition) is 4. The average molecular weight is 308 g/mol. The van der Waals surface area contributed by atoms with Crippen LogP contribution in [0.15, 0.2) is 6.07 Å². The minimum Gasteiger partial charge on any atom is -0.384 e. The van der Waals surface area contributed by atoms with Gasteiger partial charge in [0.05, 0.1) is 9.75 Å². The third-order valence-electron chi connectivity index (χ3n) is 2.99. The van der Waals surface area contributed by atoms with Crippen LogP contribution in [0.2, 0.25) is 0 Å². The van der Waals surface area contributed by atoms with Crippen molar-refractivity contribution < 1.29 is 14.7 Å². The van der Waals surface area contributed by atoms with E-state index in [1.54, 1.807) is 24.9 Å². The fourth-order valence-electron chi connectivity index (χ4n) is 1.65. The smallest absolute Gasteiger partial charge is 0.262 e. The van der Waals surface area contributed by atoms with Crippen molar-refractivity contribution in [3.63, 3.8) is 0 Å². The van der Waals surface area contributed by atoms with E-state index in [-0.39, 0.29) is 18.4 Å². The summed E-state index contributed by atoms with van der Waals surface area (Å²) in [5.74, 6) is 4.96. The van der Waals surface area contributed by atoms with Crippen LogP contribution in [-0.4, -0.2) is 48.1 Å². The van der Waals surface area contributed by atoms with Crippen molar-refractivity contribution in [2.75, 3.05) is 20.2 Å². The number of thiophene rings is 1. The molecule has 0 aliphatic rings. The summed E-state index contributed by atoms with van der Waals surface area (Å²) in [4.78, 5) is 26.9. The molecule has 114 valence electrons. The van der Waals surface area contributed by atoms with Crippen molar-refractivity contribution in [3.05, 3.63) is 21.4 Å². The first-order valence-corrected chi connectivity index (χ1v) is 7.48. The Morgan fingerprint density at radius 1 is 1.52 bits per heavy atom. The lowest BCUT2D eigenvalue weighted by Crippen LogP contribution is -2.45. The van der Waals surface area contributed by atoms with Crippen LogP contribution in [0.1, 0.15) is 34.0 Å². The van der Waals surface area contributed by atoms with Crippen LogP contribution in [0.5, 0.6) is 0 Å². The van der Waals surface area contributed by atoms with Gasteiger partial charge in [-0.05, 0) is 32.4 Å². The second-order valence-electron chi connectivity index (χ2n) is 4.63. The molecule has 0 spiro atoms. The van der Waals surface area contributed by atoms with Crippen molar-refractivity contribution in [1.82, 2.24) is 10.2 Å². The van der Waals surface area contributed by atoms with E-state index < -0.39 is 6.04 Å². The fraction of sp³-hybridized carbons (Fsp3) is 0.467. The Hall–Kier alpha value is -1.84. The van der Waals surface area contributed by atoms with E-state index in [0.717, 1.165) is 10.4 Å². The Labute approximate surface area is 129 Å². The highest BCUT2D eigenvalue weighted by atomic mass is 32.1. The zero-order chi connectivity index (χ0) is 16.0. The van der Waals surface area contributed by atoms with E-state index >= 15 is 0 Å². The van der Waals surface area contributed by atoms with Gasteiger partial charge in [-0.15, -0.1) is 11.3 Å². The van der Waals surface area contributed by atoms with E-state index in [4.69, 9.17) is 5.11 Å². The molecule has 0 aromatic carbocycles. The van der Waals surface area contributed by atoms with Crippen LogP contribution in [0.3, 0.4) is 0 Å². The Balaban J connectivity index is 2.78. The average Bonchev–Trinajstić information content (AvgIpc) is 2.84. The van der Waals surface area contributed by atoms with Crippen LogP contribution >= 0.6 is 11.3 Å². The first-order chi connectivity index (χ1) is 9.90. The van der Waals surface area contributed by atoms with Gasteiger partial charge in [0, 0.05) is 13.6 Å². The molecule has 5 nitrogen and oxygen atoms in total. The second kappa shape index (κ2) is 7.81. The van der Waals surface area contributed by atoms with Crippen LogP contribution in [0.4, 0.5) is 0 Å². The van der Waals surface area contributed by atoms with Crippen molar-refractivity contribution in [2.45, 2.75) is 26.8 Å². The fourth-order valence-corrected chi connectivity index (χ4v) is 2.60. The van der Waals surface area contributed by atoms with Crippen LogP contribution in [-0.2, 0) is 4.79 Å². The van der Waals surface area contributed by atoms with Gasteiger partial charge in [0.15, 0.2) is 0 Å². The summed E-state index contributed by atoms with van der Waals surface area (Å²) in [6.07, 6.45) is 0. The summed E-state index contributed by atoms with van der Waals surface area (Å²) in [6, 6.07) is 1.17. The number of aliphatic hydroxyl groups is 1. The van der Waals surface area contributed by atoms with Gasteiger partial charge in [0.25, 0.3) is 5.91 Å². The van der Waals surface area contributed by atoms with Gasteiger partial charge in [-0.3, -0.25) is 9.59 Å². The molecule has 1 aromatic heterocycles. The standard InChI is InChI=1S/C15H20N2O3S/c1-5-17(4)15(20)11(3)16-14(19)13-9-10(2)12(21-13)7-6-8-18/h9,11,18H,5,8H2,1-4H3,(H,16,19). The molecular weight excluding hydrogens is 288 g/mol. The molecule has 2 N–H and O–H groups in total. The maximum absolute atomic E-state index is 12.1. The molecular formula is C15H20N2O3S. The summed E-state index contributed by atoms with van der Waals surface area (Å²) in [5.41, 5.74) is 0.885. The third-order valence-corrected chi connectivity index (χ3v) is 4.14. The summed E-state index contributed by atoms with van der Waals surface area (Å²) < 4.78 is 0. The molecule has 1 heterocycles. The SMILES string of the molecule is CCN(C)C(=O)C(C)NC(=O)c1cc(C)c(C#CCO)s1. The highest BCUT2D eigenvalue weighted by Crippen LogP contribution is 2.21. The Morgan fingerprint density at radius 3 is 2.76 bits per heavy atom. The predicted molar refractivity (Wildman–Crippen MR) is 83.3 cm³/mol. The van der Waals surface area contributed by atoms with E-state index in [1.807, 2.05) is 13.8 Å². The topological polar surface area (TPSA) is 69.6 Å². The number of carbonyl (C=O) groups is 2. The molecule has 1 aromatic rings. The molecule has 6 heteroatoms. The zero-order valence-corrected chi connectivity index (χ0v) is 13.5. The molecule has 2 amide bonds. The molecule has 1 unspecified atom stereocenters. The number of hydrogen-bond donors (Lipinski definition) is 2. The first-order valence-electron chi connectivity index (χ1n) is 6.66. The number of aliphatic hydroxyl groups excluding tert-OH is 1. The van der Waals surface area contributed by atoms with Gasteiger partial charge < -0.3 is 15.3 Å². The largest absolute Gasteiger partial charge is 0.384 e. The highest BCUT2D eigenvalue weighted by molar-refractivity contribution is 7.14. The maximum atomic E-state index is 12.1. The molecule has 0 radical (unpaired) electrons. The van der Waals surface area contributed by atoms with Crippen molar-refractivity contribution >= 4 is 23.2 Å². The second-order valence-corrected chi connectivity index (χ2v) is 5.68. The number of carbonyl (C=O) groups excluding carboxylic acids is 2. The monoisotopic (exact) mass is 308 g/mol. The maximum Gasteiger partial charge on any atom is 0.262 e. The first kappa shape index (κ1) is 17.2. The third kappa shape index (κ3) is 4.59. The number of aryl methyl sites for hydroxylation is 1. The predicted octanol–water partition coefficient (Wildman–Crippen LogP) is 0.997. The number of likely N-dealkylation sites (N-methyl/N-ethyl adjacent to an activating group) is 1. The molecule has 0 fully saturated rings. The Kier molecular flexibility index (Phi) is 6.40. The molecule has 21 heavy (non-hydrogen) atoms. The van der Waals surface area contributed by atoms with Crippen LogP contribution in [0.25, 0.3) is 0 Å². The van der Waals surface area contributed by atoms with E-state index in [9.17, 15) is 9.59 Å². The van der Waals surface area contributed by atoms with E-state index in [2.05, 4.69) is 17.2 Å². The number of rotatable bonds is 4. The number of nitrogens with zero attached hydrogens (tertiary/aromatic N) is 1. The molecule has 0 bridgehead atoms. The molecule has 1 atom stereocenters. The minimum atomic E-state index is -0.572. The lowest BCUT2D eigenvalue weighted by atomic mass is 10.2. The van der Waals surface area contributed by atoms with Crippen LogP contribution < -0.4 is 5.32 Å².